The van der Waals surface area contributed by atoms with Gasteiger partial charge in [-0.05, 0) is 74.2 Å². The van der Waals surface area contributed by atoms with Gasteiger partial charge in [0.1, 0.15) is 6.04 Å². The minimum absolute atomic E-state index is 0.00878. The van der Waals surface area contributed by atoms with Gasteiger partial charge in [0, 0.05) is 56.8 Å². The average molecular weight is 642 g/mol. The molecule has 242 valence electrons. The zero-order valence-electron chi connectivity index (χ0n) is 27.1. The van der Waals surface area contributed by atoms with Crippen LogP contribution in [0.15, 0.2) is 48.5 Å². The SMILES string of the molecule is CC(C1CCCCC1)N1CCN(C(=O)C(Cc2ccc(Cl)cc2)NC(=O)C2Cc3ccccc3CN2)CC1.CCN(C)SC. The molecule has 44 heavy (non-hydrogen) atoms. The van der Waals surface area contributed by atoms with Crippen LogP contribution in [-0.4, -0.2) is 90.1 Å². The van der Waals surface area contributed by atoms with E-state index in [0.29, 0.717) is 43.5 Å². The van der Waals surface area contributed by atoms with E-state index in [1.807, 2.05) is 41.3 Å². The Morgan fingerprint density at radius 1 is 1.02 bits per heavy atom. The third-order valence-corrected chi connectivity index (χ3v) is 10.8. The molecular formula is C35H52ClN5O2S. The quantitative estimate of drug-likeness (QED) is 0.357. The maximum atomic E-state index is 13.8. The Hall–Kier alpha value is -2.10. The van der Waals surface area contributed by atoms with Crippen molar-refractivity contribution in [3.8, 4) is 0 Å². The van der Waals surface area contributed by atoms with Crippen LogP contribution in [0, 0.1) is 5.92 Å². The van der Waals surface area contributed by atoms with Crippen LogP contribution >= 0.6 is 23.5 Å². The Morgan fingerprint density at radius 2 is 1.68 bits per heavy atom. The Labute approximate surface area is 274 Å². The summed E-state index contributed by atoms with van der Waals surface area (Å²) in [6.45, 7) is 9.49. The fourth-order valence-corrected chi connectivity index (χ4v) is 6.97. The molecule has 1 saturated carbocycles. The number of hydrogen-bond acceptors (Lipinski definition) is 6. The number of nitrogens with zero attached hydrogens (tertiary/aromatic N) is 3. The summed E-state index contributed by atoms with van der Waals surface area (Å²) >= 11 is 7.86. The Balaban J connectivity index is 0.000000670. The lowest BCUT2D eigenvalue weighted by atomic mass is 9.84. The predicted molar refractivity (Wildman–Crippen MR) is 184 cm³/mol. The van der Waals surface area contributed by atoms with E-state index < -0.39 is 6.04 Å². The van der Waals surface area contributed by atoms with Crippen molar-refractivity contribution in [2.75, 3.05) is 46.0 Å². The Bertz CT molecular complexity index is 1180. The second-order valence-electron chi connectivity index (χ2n) is 12.4. The van der Waals surface area contributed by atoms with E-state index >= 15 is 0 Å². The molecule has 0 aromatic heterocycles. The molecule has 2 aromatic rings. The minimum atomic E-state index is -0.607. The van der Waals surface area contributed by atoms with Crippen molar-refractivity contribution in [3.63, 3.8) is 0 Å². The largest absolute Gasteiger partial charge is 0.343 e. The molecule has 0 spiro atoms. The van der Waals surface area contributed by atoms with Crippen molar-refractivity contribution in [2.45, 2.75) is 83.5 Å². The van der Waals surface area contributed by atoms with Gasteiger partial charge in [0.15, 0.2) is 0 Å². The van der Waals surface area contributed by atoms with Crippen LogP contribution in [0.2, 0.25) is 5.02 Å². The first kappa shape index (κ1) is 34.8. The molecule has 1 aliphatic carbocycles. The van der Waals surface area contributed by atoms with Gasteiger partial charge in [-0.1, -0.05) is 86.1 Å². The van der Waals surface area contributed by atoms with Crippen molar-refractivity contribution >= 4 is 35.4 Å². The smallest absolute Gasteiger partial charge is 0.245 e. The molecule has 0 bridgehead atoms. The van der Waals surface area contributed by atoms with Gasteiger partial charge < -0.3 is 15.5 Å². The Morgan fingerprint density at radius 3 is 2.30 bits per heavy atom. The summed E-state index contributed by atoms with van der Waals surface area (Å²) in [5.41, 5.74) is 3.40. The number of piperazine rings is 1. The van der Waals surface area contributed by atoms with Gasteiger partial charge in [0.25, 0.3) is 0 Å². The molecule has 7 nitrogen and oxygen atoms in total. The van der Waals surface area contributed by atoms with Crippen LogP contribution in [-0.2, 0) is 29.0 Å². The van der Waals surface area contributed by atoms with Gasteiger partial charge in [-0.3, -0.25) is 18.8 Å². The highest BCUT2D eigenvalue weighted by molar-refractivity contribution is 7.96. The summed E-state index contributed by atoms with van der Waals surface area (Å²) in [5.74, 6) is 0.668. The highest BCUT2D eigenvalue weighted by Crippen LogP contribution is 2.29. The van der Waals surface area contributed by atoms with E-state index in [-0.39, 0.29) is 17.9 Å². The molecule has 0 radical (unpaired) electrons. The van der Waals surface area contributed by atoms with E-state index in [0.717, 1.165) is 31.1 Å². The van der Waals surface area contributed by atoms with E-state index in [1.165, 1.54) is 43.2 Å². The fraction of sp³-hybridized carbons (Fsp3) is 0.600. The second-order valence-corrected chi connectivity index (χ2v) is 13.8. The molecule has 2 aromatic carbocycles. The third kappa shape index (κ3) is 9.95. The standard InChI is InChI=1S/C31H41ClN4O2.C4H11NS/c1-22(24-7-3-2-4-8-24)35-15-17-36(18-16-35)31(38)29(19-23-11-13-27(32)14-12-23)34-30(37)28-20-25-9-5-6-10-26(25)21-33-28;1-4-5(2)6-3/h5-6,9-14,22,24,28-29,33H,2-4,7-8,15-21H2,1H3,(H,34,37);4H2,1-3H3. The third-order valence-electron chi connectivity index (χ3n) is 9.66. The average Bonchev–Trinajstić information content (AvgIpc) is 3.08. The van der Waals surface area contributed by atoms with Crippen LogP contribution in [0.25, 0.3) is 0 Å². The summed E-state index contributed by atoms with van der Waals surface area (Å²) in [4.78, 5) is 31.7. The van der Waals surface area contributed by atoms with Crippen molar-refractivity contribution in [2.24, 2.45) is 5.92 Å². The molecule has 3 atom stereocenters. The van der Waals surface area contributed by atoms with Crippen molar-refractivity contribution in [1.82, 2.24) is 24.7 Å². The zero-order chi connectivity index (χ0) is 31.5. The van der Waals surface area contributed by atoms with Gasteiger partial charge in [0.05, 0.1) is 6.04 Å². The maximum absolute atomic E-state index is 13.8. The molecule has 2 amide bonds. The van der Waals surface area contributed by atoms with Gasteiger partial charge in [-0.25, -0.2) is 0 Å². The molecule has 2 N–H and O–H groups in total. The van der Waals surface area contributed by atoms with E-state index in [2.05, 4.69) is 59.1 Å². The van der Waals surface area contributed by atoms with E-state index in [4.69, 9.17) is 11.6 Å². The first-order valence-corrected chi connectivity index (χ1v) is 18.0. The predicted octanol–water partition coefficient (Wildman–Crippen LogP) is 5.41. The van der Waals surface area contributed by atoms with E-state index in [1.54, 1.807) is 11.9 Å². The number of fused-ring (bicyclic) bond motifs is 1. The second kappa shape index (κ2) is 17.6. The highest BCUT2D eigenvalue weighted by Gasteiger charge is 2.34. The summed E-state index contributed by atoms with van der Waals surface area (Å²) in [6.07, 6.45) is 9.87. The monoisotopic (exact) mass is 641 g/mol. The lowest BCUT2D eigenvalue weighted by molar-refractivity contribution is -0.138. The lowest BCUT2D eigenvalue weighted by Crippen LogP contribution is -2.59. The van der Waals surface area contributed by atoms with E-state index in [9.17, 15) is 9.59 Å². The number of rotatable bonds is 9. The number of nitrogens with one attached hydrogen (secondary N) is 2. The van der Waals surface area contributed by atoms with Crippen molar-refractivity contribution < 1.29 is 9.59 Å². The number of hydrogen-bond donors (Lipinski definition) is 2. The van der Waals surface area contributed by atoms with Crippen LogP contribution in [0.3, 0.4) is 0 Å². The molecule has 2 aliphatic heterocycles. The van der Waals surface area contributed by atoms with Crippen molar-refractivity contribution in [1.29, 1.82) is 0 Å². The number of amides is 2. The highest BCUT2D eigenvalue weighted by atomic mass is 35.5. The summed E-state index contributed by atoms with van der Waals surface area (Å²) in [7, 11) is 2.07. The van der Waals surface area contributed by atoms with Gasteiger partial charge in [-0.15, -0.1) is 0 Å². The summed E-state index contributed by atoms with van der Waals surface area (Å²) in [6, 6.07) is 15.4. The first-order valence-electron chi connectivity index (χ1n) is 16.4. The Kier molecular flexibility index (Phi) is 13.9. The number of carbonyl (C=O) groups excluding carboxylic acids is 2. The van der Waals surface area contributed by atoms with Gasteiger partial charge in [-0.2, -0.15) is 0 Å². The lowest BCUT2D eigenvalue weighted by Gasteiger charge is -2.42. The number of carbonyl (C=O) groups is 2. The first-order chi connectivity index (χ1) is 21.3. The molecule has 9 heteroatoms. The van der Waals surface area contributed by atoms with Crippen molar-refractivity contribution in [3.05, 3.63) is 70.2 Å². The maximum Gasteiger partial charge on any atom is 0.245 e. The van der Waals surface area contributed by atoms with Gasteiger partial charge >= 0.3 is 0 Å². The summed E-state index contributed by atoms with van der Waals surface area (Å²) in [5, 5.41) is 7.14. The molecular weight excluding hydrogens is 590 g/mol. The molecule has 2 heterocycles. The molecule has 3 unspecified atom stereocenters. The zero-order valence-corrected chi connectivity index (χ0v) is 28.6. The molecule has 3 aliphatic rings. The van der Waals surface area contributed by atoms with Crippen LogP contribution in [0.4, 0.5) is 0 Å². The van der Waals surface area contributed by atoms with Crippen LogP contribution in [0.1, 0.15) is 62.6 Å². The molecule has 1 saturated heterocycles. The van der Waals surface area contributed by atoms with Crippen LogP contribution in [0.5, 0.6) is 0 Å². The van der Waals surface area contributed by atoms with Crippen LogP contribution < -0.4 is 10.6 Å². The summed E-state index contributed by atoms with van der Waals surface area (Å²) < 4.78 is 2.17. The van der Waals surface area contributed by atoms with Gasteiger partial charge in [0.2, 0.25) is 11.8 Å². The molecule has 5 rings (SSSR count). The topological polar surface area (TPSA) is 67.9 Å². The molecule has 2 fully saturated rings. The minimum Gasteiger partial charge on any atom is -0.343 e. The normalized spacial score (nSPS) is 20.7. The number of benzene rings is 2. The number of halogens is 1. The fourth-order valence-electron chi connectivity index (χ4n) is 6.58.